The number of hydrogen-bond acceptors (Lipinski definition) is 2. The molecular weight excluding hydrogens is 208 g/mol. The van der Waals surface area contributed by atoms with Crippen LogP contribution in [0.1, 0.15) is 12.5 Å². The highest BCUT2D eigenvalue weighted by Gasteiger charge is 2.22. The molecule has 0 aromatic heterocycles. The van der Waals surface area contributed by atoms with Gasteiger partial charge in [0, 0.05) is 30.7 Å². The van der Waals surface area contributed by atoms with Crippen molar-refractivity contribution in [3.8, 4) is 0 Å². The zero-order valence-corrected chi connectivity index (χ0v) is 9.80. The molecule has 1 saturated heterocycles. The first-order valence-corrected chi connectivity index (χ1v) is 5.86. The standard InChI is InChI=1S/C12H17ClN2/c1-2-15(12-7-14-8-12)9-10-3-5-11(13)6-4-10/h3-6,12,14H,2,7-9H2,1H3. The molecule has 1 aromatic rings. The normalized spacial score (nSPS) is 16.7. The number of rotatable bonds is 4. The number of likely N-dealkylation sites (N-methyl/N-ethyl adjacent to an activating group) is 1. The minimum Gasteiger partial charge on any atom is -0.314 e. The minimum atomic E-state index is 0.714. The average Bonchev–Trinajstić information content (AvgIpc) is 2.17. The van der Waals surface area contributed by atoms with E-state index in [-0.39, 0.29) is 0 Å². The van der Waals surface area contributed by atoms with Gasteiger partial charge >= 0.3 is 0 Å². The lowest BCUT2D eigenvalue weighted by molar-refractivity contribution is 0.145. The maximum atomic E-state index is 5.86. The molecule has 0 aliphatic carbocycles. The van der Waals surface area contributed by atoms with Crippen LogP contribution in [0.25, 0.3) is 0 Å². The molecule has 1 aromatic carbocycles. The maximum Gasteiger partial charge on any atom is 0.0406 e. The molecule has 82 valence electrons. The summed E-state index contributed by atoms with van der Waals surface area (Å²) in [5.74, 6) is 0. The van der Waals surface area contributed by atoms with Gasteiger partial charge in [-0.25, -0.2) is 0 Å². The number of halogens is 1. The third kappa shape index (κ3) is 2.71. The molecule has 0 saturated carbocycles. The Morgan fingerprint density at radius 1 is 1.33 bits per heavy atom. The average molecular weight is 225 g/mol. The molecule has 0 radical (unpaired) electrons. The molecule has 3 heteroatoms. The summed E-state index contributed by atoms with van der Waals surface area (Å²) < 4.78 is 0. The second kappa shape index (κ2) is 4.97. The SMILES string of the molecule is CCN(Cc1ccc(Cl)cc1)C1CNC1. The van der Waals surface area contributed by atoms with Gasteiger partial charge in [0.1, 0.15) is 0 Å². The van der Waals surface area contributed by atoms with E-state index in [4.69, 9.17) is 11.6 Å². The molecule has 0 bridgehead atoms. The van der Waals surface area contributed by atoms with E-state index in [1.165, 1.54) is 5.56 Å². The van der Waals surface area contributed by atoms with E-state index >= 15 is 0 Å². The minimum absolute atomic E-state index is 0.714. The van der Waals surface area contributed by atoms with Gasteiger partial charge in [-0.3, -0.25) is 4.90 Å². The summed E-state index contributed by atoms with van der Waals surface area (Å²) in [5, 5.41) is 4.12. The van der Waals surface area contributed by atoms with Crippen molar-refractivity contribution >= 4 is 11.6 Å². The van der Waals surface area contributed by atoms with E-state index in [0.717, 1.165) is 31.2 Å². The van der Waals surface area contributed by atoms with E-state index in [9.17, 15) is 0 Å². The van der Waals surface area contributed by atoms with Gasteiger partial charge < -0.3 is 5.32 Å². The van der Waals surface area contributed by atoms with Crippen molar-refractivity contribution in [3.05, 3.63) is 34.9 Å². The molecule has 15 heavy (non-hydrogen) atoms. The fourth-order valence-corrected chi connectivity index (χ4v) is 1.98. The van der Waals surface area contributed by atoms with E-state index in [2.05, 4.69) is 29.3 Å². The van der Waals surface area contributed by atoms with Crippen LogP contribution >= 0.6 is 11.6 Å². The van der Waals surface area contributed by atoms with Crippen LogP contribution in [0.4, 0.5) is 0 Å². The highest BCUT2D eigenvalue weighted by molar-refractivity contribution is 6.30. The second-order valence-electron chi connectivity index (χ2n) is 4.00. The van der Waals surface area contributed by atoms with Gasteiger partial charge in [0.05, 0.1) is 0 Å². The van der Waals surface area contributed by atoms with Crippen molar-refractivity contribution in [2.45, 2.75) is 19.5 Å². The Morgan fingerprint density at radius 3 is 2.47 bits per heavy atom. The molecule has 1 N–H and O–H groups in total. The monoisotopic (exact) mass is 224 g/mol. The molecule has 1 aliphatic rings. The molecule has 0 spiro atoms. The lowest BCUT2D eigenvalue weighted by Gasteiger charge is -2.37. The summed E-state index contributed by atoms with van der Waals surface area (Å²) >= 11 is 5.86. The van der Waals surface area contributed by atoms with Crippen molar-refractivity contribution in [2.24, 2.45) is 0 Å². The van der Waals surface area contributed by atoms with Gasteiger partial charge in [-0.15, -0.1) is 0 Å². The third-order valence-corrected chi connectivity index (χ3v) is 3.23. The summed E-state index contributed by atoms with van der Waals surface area (Å²) in [6, 6.07) is 8.85. The fraction of sp³-hybridized carbons (Fsp3) is 0.500. The van der Waals surface area contributed by atoms with Crippen LogP contribution in [0.15, 0.2) is 24.3 Å². The number of benzene rings is 1. The molecule has 2 rings (SSSR count). The van der Waals surface area contributed by atoms with Crippen LogP contribution in [0.5, 0.6) is 0 Å². The van der Waals surface area contributed by atoms with Gasteiger partial charge in [0.2, 0.25) is 0 Å². The van der Waals surface area contributed by atoms with Gasteiger partial charge in [-0.1, -0.05) is 30.7 Å². The van der Waals surface area contributed by atoms with Crippen LogP contribution in [0, 0.1) is 0 Å². The van der Waals surface area contributed by atoms with E-state index in [1.54, 1.807) is 0 Å². The van der Waals surface area contributed by atoms with E-state index in [1.807, 2.05) is 12.1 Å². The Kier molecular flexibility index (Phi) is 3.62. The van der Waals surface area contributed by atoms with Gasteiger partial charge in [-0.05, 0) is 24.2 Å². The van der Waals surface area contributed by atoms with Gasteiger partial charge in [-0.2, -0.15) is 0 Å². The zero-order valence-electron chi connectivity index (χ0n) is 9.04. The molecular formula is C12H17ClN2. The van der Waals surface area contributed by atoms with Crippen molar-refractivity contribution < 1.29 is 0 Å². The Morgan fingerprint density at radius 2 is 2.00 bits per heavy atom. The Hall–Kier alpha value is -0.570. The van der Waals surface area contributed by atoms with E-state index in [0.29, 0.717) is 6.04 Å². The maximum absolute atomic E-state index is 5.86. The summed E-state index contributed by atoms with van der Waals surface area (Å²) in [7, 11) is 0. The van der Waals surface area contributed by atoms with Crippen LogP contribution in [-0.4, -0.2) is 30.6 Å². The first-order chi connectivity index (χ1) is 7.29. The summed E-state index contributed by atoms with van der Waals surface area (Å²) in [6.45, 7) is 6.60. The molecule has 0 atom stereocenters. The van der Waals surface area contributed by atoms with Crippen molar-refractivity contribution in [1.29, 1.82) is 0 Å². The summed E-state index contributed by atoms with van der Waals surface area (Å²) in [5.41, 5.74) is 1.34. The predicted octanol–water partition coefficient (Wildman–Crippen LogP) is 2.13. The highest BCUT2D eigenvalue weighted by Crippen LogP contribution is 2.14. The summed E-state index contributed by atoms with van der Waals surface area (Å²) in [6.07, 6.45) is 0. The van der Waals surface area contributed by atoms with Crippen LogP contribution < -0.4 is 5.32 Å². The van der Waals surface area contributed by atoms with Crippen molar-refractivity contribution in [1.82, 2.24) is 10.2 Å². The number of hydrogen-bond donors (Lipinski definition) is 1. The van der Waals surface area contributed by atoms with E-state index < -0.39 is 0 Å². The zero-order chi connectivity index (χ0) is 10.7. The fourth-order valence-electron chi connectivity index (χ4n) is 1.86. The van der Waals surface area contributed by atoms with Gasteiger partial charge in [0.15, 0.2) is 0 Å². The van der Waals surface area contributed by atoms with Crippen molar-refractivity contribution in [2.75, 3.05) is 19.6 Å². The van der Waals surface area contributed by atoms with Crippen LogP contribution in [-0.2, 0) is 6.54 Å². The quantitative estimate of drug-likeness (QED) is 0.843. The van der Waals surface area contributed by atoms with Gasteiger partial charge in [0.25, 0.3) is 0 Å². The largest absolute Gasteiger partial charge is 0.314 e. The molecule has 2 nitrogen and oxygen atoms in total. The van der Waals surface area contributed by atoms with Crippen LogP contribution in [0.2, 0.25) is 5.02 Å². The smallest absolute Gasteiger partial charge is 0.0406 e. The molecule has 1 aliphatic heterocycles. The first kappa shape index (κ1) is 10.9. The predicted molar refractivity (Wildman–Crippen MR) is 64.2 cm³/mol. The molecule has 1 heterocycles. The lowest BCUT2D eigenvalue weighted by atomic mass is 10.1. The van der Waals surface area contributed by atoms with Crippen LogP contribution in [0.3, 0.4) is 0 Å². The Bertz CT molecular complexity index is 306. The highest BCUT2D eigenvalue weighted by atomic mass is 35.5. The number of nitrogens with zero attached hydrogens (tertiary/aromatic N) is 1. The molecule has 1 fully saturated rings. The second-order valence-corrected chi connectivity index (χ2v) is 4.44. The Balaban J connectivity index is 1.96. The lowest BCUT2D eigenvalue weighted by Crippen LogP contribution is -2.56. The van der Waals surface area contributed by atoms with Crippen molar-refractivity contribution in [3.63, 3.8) is 0 Å². The first-order valence-electron chi connectivity index (χ1n) is 5.49. The molecule has 0 amide bonds. The Labute approximate surface area is 96.2 Å². The topological polar surface area (TPSA) is 15.3 Å². The molecule has 0 unspecified atom stereocenters. The third-order valence-electron chi connectivity index (χ3n) is 2.98. The number of nitrogens with one attached hydrogen (secondary N) is 1. The summed E-state index contributed by atoms with van der Waals surface area (Å²) in [4.78, 5) is 2.50.